The summed E-state index contributed by atoms with van der Waals surface area (Å²) >= 11 is 0. The molecule has 0 aliphatic heterocycles. The van der Waals surface area contributed by atoms with Crippen LogP contribution < -0.4 is 10.6 Å². The van der Waals surface area contributed by atoms with E-state index in [4.69, 9.17) is 14.1 Å². The highest BCUT2D eigenvalue weighted by atomic mass is 127. The largest absolute Gasteiger partial charge is 0.469 e. The molecule has 0 radical (unpaired) electrons. The lowest BCUT2D eigenvalue weighted by atomic mass is 9.86. The summed E-state index contributed by atoms with van der Waals surface area (Å²) in [6, 6.07) is 4.46. The highest BCUT2D eigenvalue weighted by Crippen LogP contribution is 2.23. The van der Waals surface area contributed by atoms with Crippen LogP contribution in [-0.2, 0) is 11.2 Å². The number of halogens is 1. The van der Waals surface area contributed by atoms with Crippen LogP contribution >= 0.6 is 24.0 Å². The quantitative estimate of drug-likeness (QED) is 0.276. The van der Waals surface area contributed by atoms with Gasteiger partial charge in [0.2, 0.25) is 0 Å². The molecule has 6 heteroatoms. The van der Waals surface area contributed by atoms with E-state index in [1.165, 1.54) is 25.7 Å². The third-order valence-corrected chi connectivity index (χ3v) is 4.45. The monoisotopic (exact) mass is 449 g/mol. The highest BCUT2D eigenvalue weighted by molar-refractivity contribution is 14.0. The minimum Gasteiger partial charge on any atom is -0.469 e. The van der Waals surface area contributed by atoms with Crippen LogP contribution in [0, 0.1) is 5.92 Å². The number of hydrogen-bond donors (Lipinski definition) is 2. The molecule has 1 fully saturated rings. The topological polar surface area (TPSA) is 58.8 Å². The number of nitrogens with zero attached hydrogens (tertiary/aromatic N) is 1. The molecule has 2 N–H and O–H groups in total. The highest BCUT2D eigenvalue weighted by Gasteiger charge is 2.21. The predicted octanol–water partition coefficient (Wildman–Crippen LogP) is 3.59. The zero-order chi connectivity index (χ0) is 16.3. The first-order valence-corrected chi connectivity index (χ1v) is 8.85. The van der Waals surface area contributed by atoms with E-state index >= 15 is 0 Å². The molecule has 1 heterocycles. The summed E-state index contributed by atoms with van der Waals surface area (Å²) in [5, 5.41) is 7.07. The first-order valence-electron chi connectivity index (χ1n) is 8.85. The number of furan rings is 1. The van der Waals surface area contributed by atoms with Gasteiger partial charge in [-0.2, -0.15) is 0 Å². The van der Waals surface area contributed by atoms with E-state index in [9.17, 15) is 0 Å². The normalized spacial score (nSPS) is 21.2. The van der Waals surface area contributed by atoms with Crippen LogP contribution in [0.15, 0.2) is 27.8 Å². The second kappa shape index (κ2) is 12.6. The smallest absolute Gasteiger partial charge is 0.191 e. The zero-order valence-electron chi connectivity index (χ0n) is 14.9. The van der Waals surface area contributed by atoms with Gasteiger partial charge in [0.25, 0.3) is 0 Å². The second-order valence-electron chi connectivity index (χ2n) is 6.35. The predicted molar refractivity (Wildman–Crippen MR) is 109 cm³/mol. The molecule has 1 aromatic rings. The Morgan fingerprint density at radius 1 is 1.38 bits per heavy atom. The van der Waals surface area contributed by atoms with Crippen molar-refractivity contribution in [3.05, 3.63) is 24.2 Å². The molecule has 2 rings (SSSR count). The van der Waals surface area contributed by atoms with E-state index < -0.39 is 0 Å². The molecule has 1 aliphatic rings. The molecule has 0 bridgehead atoms. The Kier molecular flexibility index (Phi) is 11.2. The molecule has 2 unspecified atom stereocenters. The van der Waals surface area contributed by atoms with Crippen molar-refractivity contribution in [2.75, 3.05) is 26.8 Å². The fourth-order valence-electron chi connectivity index (χ4n) is 3.02. The molecule has 1 aliphatic carbocycles. The molecule has 138 valence electrons. The second-order valence-corrected chi connectivity index (χ2v) is 6.35. The molecule has 0 spiro atoms. The average molecular weight is 449 g/mol. The Morgan fingerprint density at radius 2 is 2.21 bits per heavy atom. The van der Waals surface area contributed by atoms with Crippen LogP contribution in [0.25, 0.3) is 0 Å². The molecule has 0 aromatic carbocycles. The number of guanidine groups is 1. The Bertz CT molecular complexity index is 451. The van der Waals surface area contributed by atoms with Crippen LogP contribution in [0.3, 0.4) is 0 Å². The molecule has 0 saturated heterocycles. The van der Waals surface area contributed by atoms with Gasteiger partial charge in [-0.1, -0.05) is 19.8 Å². The third-order valence-electron chi connectivity index (χ3n) is 4.45. The van der Waals surface area contributed by atoms with E-state index in [2.05, 4.69) is 17.6 Å². The van der Waals surface area contributed by atoms with Crippen LogP contribution in [0.1, 0.15) is 44.8 Å². The van der Waals surface area contributed by atoms with Gasteiger partial charge in [-0.05, 0) is 37.3 Å². The van der Waals surface area contributed by atoms with Gasteiger partial charge in [-0.15, -0.1) is 24.0 Å². The molecule has 24 heavy (non-hydrogen) atoms. The number of aliphatic imine (C=N–C) groups is 1. The number of hydrogen-bond acceptors (Lipinski definition) is 3. The molecule has 2 atom stereocenters. The van der Waals surface area contributed by atoms with Crippen molar-refractivity contribution in [1.82, 2.24) is 10.6 Å². The molecular formula is C18H32IN3O2. The first-order chi connectivity index (χ1) is 11.3. The van der Waals surface area contributed by atoms with Gasteiger partial charge in [-0.3, -0.25) is 4.99 Å². The molecule has 0 amide bonds. The minimum atomic E-state index is 0. The van der Waals surface area contributed by atoms with Gasteiger partial charge >= 0.3 is 0 Å². The van der Waals surface area contributed by atoms with Gasteiger partial charge in [0.05, 0.1) is 6.26 Å². The number of nitrogens with one attached hydrogen (secondary N) is 2. The summed E-state index contributed by atoms with van der Waals surface area (Å²) in [4.78, 5) is 4.69. The summed E-state index contributed by atoms with van der Waals surface area (Å²) < 4.78 is 10.5. The lowest BCUT2D eigenvalue weighted by molar-refractivity contribution is 0.197. The Morgan fingerprint density at radius 3 is 2.92 bits per heavy atom. The van der Waals surface area contributed by atoms with Crippen molar-refractivity contribution in [2.24, 2.45) is 10.9 Å². The van der Waals surface area contributed by atoms with Crippen LogP contribution in [0.5, 0.6) is 0 Å². The summed E-state index contributed by atoms with van der Waals surface area (Å²) in [7, 11) is 1.73. The maximum absolute atomic E-state index is 5.38. The molecule has 1 aromatic heterocycles. The van der Waals surface area contributed by atoms with Crippen LogP contribution in [0.4, 0.5) is 0 Å². The van der Waals surface area contributed by atoms with Crippen molar-refractivity contribution in [2.45, 2.75) is 51.5 Å². The summed E-state index contributed by atoms with van der Waals surface area (Å²) in [6.07, 6.45) is 8.74. The Balaban J connectivity index is 0.00000288. The minimum absolute atomic E-state index is 0. The maximum atomic E-state index is 5.38. The van der Waals surface area contributed by atoms with Gasteiger partial charge in [0, 0.05) is 39.3 Å². The summed E-state index contributed by atoms with van der Waals surface area (Å²) in [6.45, 7) is 4.70. The van der Waals surface area contributed by atoms with Crippen LogP contribution in [0.2, 0.25) is 0 Å². The standard InChI is InChI=1S/C18H31N3O2.HI/c1-15-7-3-4-9-17(15)21-18(19-11-6-13-22-2)20-12-10-16-8-5-14-23-16;/h5,8,14-15,17H,3-4,6-7,9-13H2,1-2H3,(H2,19,20,21);1H. The van der Waals surface area contributed by atoms with Crippen molar-refractivity contribution in [1.29, 1.82) is 0 Å². The SMILES string of the molecule is COCCCN=C(NCCc1ccco1)NC1CCCCC1C.I. The number of rotatable bonds is 8. The Labute approximate surface area is 163 Å². The van der Waals surface area contributed by atoms with Gasteiger partial charge in [0.1, 0.15) is 5.76 Å². The van der Waals surface area contributed by atoms with E-state index in [1.807, 2.05) is 12.1 Å². The van der Waals surface area contributed by atoms with Gasteiger partial charge < -0.3 is 19.8 Å². The Hall–Kier alpha value is -0.760. The van der Waals surface area contributed by atoms with Crippen LogP contribution in [-0.4, -0.2) is 38.8 Å². The summed E-state index contributed by atoms with van der Waals surface area (Å²) in [5.41, 5.74) is 0. The van der Waals surface area contributed by atoms with Crippen molar-refractivity contribution < 1.29 is 9.15 Å². The fourth-order valence-corrected chi connectivity index (χ4v) is 3.02. The first kappa shape index (κ1) is 21.3. The van der Waals surface area contributed by atoms with Crippen molar-refractivity contribution in [3.8, 4) is 0 Å². The number of ether oxygens (including phenoxy) is 1. The fraction of sp³-hybridized carbons (Fsp3) is 0.722. The third kappa shape index (κ3) is 7.88. The lowest BCUT2D eigenvalue weighted by Crippen LogP contribution is -2.47. The summed E-state index contributed by atoms with van der Waals surface area (Å²) in [5.74, 6) is 2.63. The molecule has 1 saturated carbocycles. The van der Waals surface area contributed by atoms with E-state index in [1.54, 1.807) is 13.4 Å². The van der Waals surface area contributed by atoms with Crippen molar-refractivity contribution >= 4 is 29.9 Å². The van der Waals surface area contributed by atoms with Gasteiger partial charge in [0.15, 0.2) is 5.96 Å². The van der Waals surface area contributed by atoms with Gasteiger partial charge in [-0.25, -0.2) is 0 Å². The molecule has 5 nitrogen and oxygen atoms in total. The van der Waals surface area contributed by atoms with E-state index in [0.29, 0.717) is 12.0 Å². The molecular weight excluding hydrogens is 417 g/mol. The number of methoxy groups -OCH3 is 1. The van der Waals surface area contributed by atoms with E-state index in [-0.39, 0.29) is 24.0 Å². The van der Waals surface area contributed by atoms with Crippen molar-refractivity contribution in [3.63, 3.8) is 0 Å². The lowest BCUT2D eigenvalue weighted by Gasteiger charge is -2.31. The average Bonchev–Trinajstić information content (AvgIpc) is 3.06. The maximum Gasteiger partial charge on any atom is 0.191 e. The van der Waals surface area contributed by atoms with E-state index in [0.717, 1.165) is 44.3 Å². The zero-order valence-corrected chi connectivity index (χ0v) is 17.3.